The average molecular weight is 558 g/mol. The quantitative estimate of drug-likeness (QED) is 0.241. The summed E-state index contributed by atoms with van der Waals surface area (Å²) in [5.41, 5.74) is 3.54. The zero-order valence-corrected chi connectivity index (χ0v) is 22.5. The molecule has 0 saturated carbocycles. The van der Waals surface area contributed by atoms with Crippen LogP contribution in [0.25, 0.3) is 10.2 Å². The molecule has 0 fully saturated rings. The summed E-state index contributed by atoms with van der Waals surface area (Å²) in [6.07, 6.45) is 1.58. The minimum absolute atomic E-state index is 0.126. The second-order valence-electron chi connectivity index (χ2n) is 9.32. The number of para-hydroxylation sites is 1. The monoisotopic (exact) mass is 557 g/mol. The molecule has 4 aromatic carbocycles. The molecular weight excluding hydrogens is 533 g/mol. The Kier molecular flexibility index (Phi) is 6.62. The van der Waals surface area contributed by atoms with Crippen molar-refractivity contribution in [3.8, 4) is 0 Å². The van der Waals surface area contributed by atoms with Crippen LogP contribution in [-0.4, -0.2) is 25.9 Å². The fraction of sp³-hybridized carbons (Fsp3) is 0.133. The first-order valence-corrected chi connectivity index (χ1v) is 14.8. The molecule has 0 atom stereocenters. The van der Waals surface area contributed by atoms with E-state index in [1.807, 2.05) is 54.6 Å². The van der Waals surface area contributed by atoms with Gasteiger partial charge in [-0.05, 0) is 72.5 Å². The molecule has 1 aliphatic heterocycles. The standard InChI is InChI=1S/C30H24FN3O3S2/c31-24-14-17-26-28(19-24)38-30(32-26)33(20-21-7-2-1-3-8-21)29(35)23-12-15-25(16-13-23)39(36,37)34-18-6-10-22-9-4-5-11-27(22)34/h1-5,7-9,11-17,19H,6,10,18,20H2. The predicted octanol–water partition coefficient (Wildman–Crippen LogP) is 6.42. The van der Waals surface area contributed by atoms with Crippen molar-refractivity contribution in [1.82, 2.24) is 4.98 Å². The number of amides is 1. The lowest BCUT2D eigenvalue weighted by molar-refractivity contribution is 0.0985. The van der Waals surface area contributed by atoms with Gasteiger partial charge < -0.3 is 0 Å². The normalized spacial score (nSPS) is 13.3. The van der Waals surface area contributed by atoms with Gasteiger partial charge in [-0.1, -0.05) is 59.9 Å². The number of fused-ring (bicyclic) bond motifs is 2. The zero-order chi connectivity index (χ0) is 27.0. The number of thiazole rings is 1. The number of carbonyl (C=O) groups is 1. The molecule has 0 saturated heterocycles. The third-order valence-electron chi connectivity index (χ3n) is 6.76. The first kappa shape index (κ1) is 25.2. The molecule has 1 aromatic heterocycles. The van der Waals surface area contributed by atoms with Crippen LogP contribution in [0.3, 0.4) is 0 Å². The number of halogens is 1. The Bertz CT molecular complexity index is 1770. The van der Waals surface area contributed by atoms with Gasteiger partial charge in [0.1, 0.15) is 5.82 Å². The molecule has 0 unspecified atom stereocenters. The highest BCUT2D eigenvalue weighted by atomic mass is 32.2. The number of carbonyl (C=O) groups excluding carboxylic acids is 1. The number of nitrogens with zero attached hydrogens (tertiary/aromatic N) is 3. The van der Waals surface area contributed by atoms with Gasteiger partial charge in [-0.25, -0.2) is 17.8 Å². The van der Waals surface area contributed by atoms with E-state index in [-0.39, 0.29) is 23.2 Å². The van der Waals surface area contributed by atoms with Crippen LogP contribution >= 0.6 is 11.3 Å². The molecule has 0 bridgehead atoms. The Morgan fingerprint density at radius 3 is 2.49 bits per heavy atom. The van der Waals surface area contributed by atoms with Crippen molar-refractivity contribution >= 4 is 48.3 Å². The summed E-state index contributed by atoms with van der Waals surface area (Å²) >= 11 is 1.23. The smallest absolute Gasteiger partial charge is 0.264 e. The van der Waals surface area contributed by atoms with Gasteiger partial charge in [0, 0.05) is 12.1 Å². The second-order valence-corrected chi connectivity index (χ2v) is 12.2. The molecule has 0 spiro atoms. The topological polar surface area (TPSA) is 70.6 Å². The number of anilines is 2. The molecule has 39 heavy (non-hydrogen) atoms. The molecule has 5 aromatic rings. The van der Waals surface area contributed by atoms with Crippen LogP contribution in [0, 0.1) is 5.82 Å². The number of hydrogen-bond donors (Lipinski definition) is 0. The summed E-state index contributed by atoms with van der Waals surface area (Å²) in [6.45, 7) is 0.662. The van der Waals surface area contributed by atoms with Crippen molar-refractivity contribution in [3.05, 3.63) is 120 Å². The number of rotatable bonds is 6. The molecule has 196 valence electrons. The lowest BCUT2D eigenvalue weighted by Gasteiger charge is -2.30. The van der Waals surface area contributed by atoms with E-state index in [0.29, 0.717) is 33.1 Å². The van der Waals surface area contributed by atoms with E-state index in [0.717, 1.165) is 24.0 Å². The van der Waals surface area contributed by atoms with Gasteiger partial charge in [-0.3, -0.25) is 14.0 Å². The van der Waals surface area contributed by atoms with E-state index in [4.69, 9.17) is 0 Å². The summed E-state index contributed by atoms with van der Waals surface area (Å²) in [5.74, 6) is -0.697. The Balaban J connectivity index is 1.33. The Morgan fingerprint density at radius 2 is 1.69 bits per heavy atom. The third kappa shape index (κ3) is 4.91. The van der Waals surface area contributed by atoms with Crippen molar-refractivity contribution in [3.63, 3.8) is 0 Å². The molecule has 6 rings (SSSR count). The SMILES string of the molecule is O=C(c1ccc(S(=O)(=O)N2CCCc3ccccc32)cc1)N(Cc1ccccc1)c1nc2ccc(F)cc2s1. The van der Waals surface area contributed by atoms with E-state index in [1.165, 1.54) is 52.0 Å². The summed E-state index contributed by atoms with van der Waals surface area (Å²) < 4.78 is 43.0. The molecule has 1 aliphatic rings. The van der Waals surface area contributed by atoms with E-state index in [1.54, 1.807) is 11.0 Å². The predicted molar refractivity (Wildman–Crippen MR) is 152 cm³/mol. The van der Waals surface area contributed by atoms with E-state index in [9.17, 15) is 17.6 Å². The highest BCUT2D eigenvalue weighted by Crippen LogP contribution is 2.33. The van der Waals surface area contributed by atoms with Crippen molar-refractivity contribution in [1.29, 1.82) is 0 Å². The zero-order valence-electron chi connectivity index (χ0n) is 20.8. The highest BCUT2D eigenvalue weighted by Gasteiger charge is 2.29. The van der Waals surface area contributed by atoms with Gasteiger partial charge in [0.25, 0.3) is 15.9 Å². The van der Waals surface area contributed by atoms with Gasteiger partial charge in [0.05, 0.1) is 27.3 Å². The van der Waals surface area contributed by atoms with Crippen LogP contribution in [-0.2, 0) is 23.0 Å². The lowest BCUT2D eigenvalue weighted by atomic mass is 10.0. The van der Waals surface area contributed by atoms with Crippen molar-refractivity contribution < 1.29 is 17.6 Å². The van der Waals surface area contributed by atoms with Crippen LogP contribution in [0.4, 0.5) is 15.2 Å². The fourth-order valence-corrected chi connectivity index (χ4v) is 7.32. The minimum atomic E-state index is -3.80. The number of hydrogen-bond acceptors (Lipinski definition) is 5. The number of benzene rings is 4. The van der Waals surface area contributed by atoms with Crippen LogP contribution in [0.2, 0.25) is 0 Å². The molecule has 0 N–H and O–H groups in total. The second kappa shape index (κ2) is 10.2. The molecular formula is C30H24FN3O3S2. The fourth-order valence-electron chi connectivity index (χ4n) is 4.80. The van der Waals surface area contributed by atoms with Crippen LogP contribution in [0.15, 0.2) is 102 Å². The number of sulfonamides is 1. The summed E-state index contributed by atoms with van der Waals surface area (Å²) in [5, 5.41) is 0.436. The van der Waals surface area contributed by atoms with E-state index >= 15 is 0 Å². The Morgan fingerprint density at radius 1 is 0.949 bits per heavy atom. The van der Waals surface area contributed by atoms with Crippen LogP contribution in [0.5, 0.6) is 0 Å². The van der Waals surface area contributed by atoms with Crippen molar-refractivity contribution in [2.45, 2.75) is 24.3 Å². The molecule has 0 radical (unpaired) electrons. The van der Waals surface area contributed by atoms with E-state index < -0.39 is 10.0 Å². The third-order valence-corrected chi connectivity index (χ3v) is 9.62. The van der Waals surface area contributed by atoms with Gasteiger partial charge in [0.2, 0.25) is 0 Å². The molecule has 9 heteroatoms. The van der Waals surface area contributed by atoms with Crippen LogP contribution in [0.1, 0.15) is 27.9 Å². The van der Waals surface area contributed by atoms with Gasteiger partial charge in [-0.15, -0.1) is 0 Å². The van der Waals surface area contributed by atoms with Crippen LogP contribution < -0.4 is 9.21 Å². The minimum Gasteiger partial charge on any atom is -0.279 e. The molecule has 1 amide bonds. The maximum atomic E-state index is 13.8. The molecule has 0 aliphatic carbocycles. The maximum absolute atomic E-state index is 13.8. The van der Waals surface area contributed by atoms with E-state index in [2.05, 4.69) is 4.98 Å². The van der Waals surface area contributed by atoms with Gasteiger partial charge in [0.15, 0.2) is 5.13 Å². The first-order chi connectivity index (χ1) is 18.9. The van der Waals surface area contributed by atoms with Crippen molar-refractivity contribution in [2.75, 3.05) is 15.7 Å². The Labute approximate surface area is 230 Å². The number of aryl methyl sites for hydroxylation is 1. The largest absolute Gasteiger partial charge is 0.279 e. The molecule has 6 nitrogen and oxygen atoms in total. The lowest BCUT2D eigenvalue weighted by Crippen LogP contribution is -2.35. The van der Waals surface area contributed by atoms with Gasteiger partial charge in [-0.2, -0.15) is 0 Å². The first-order valence-electron chi connectivity index (χ1n) is 12.5. The summed E-state index contributed by atoms with van der Waals surface area (Å²) in [6, 6.07) is 27.4. The summed E-state index contributed by atoms with van der Waals surface area (Å²) in [7, 11) is -3.80. The average Bonchev–Trinajstić information content (AvgIpc) is 3.38. The maximum Gasteiger partial charge on any atom is 0.264 e. The highest BCUT2D eigenvalue weighted by molar-refractivity contribution is 7.92. The summed E-state index contributed by atoms with van der Waals surface area (Å²) in [4.78, 5) is 20.0. The number of aromatic nitrogens is 1. The van der Waals surface area contributed by atoms with Gasteiger partial charge >= 0.3 is 0 Å². The Hall–Kier alpha value is -4.08. The molecule has 2 heterocycles. The van der Waals surface area contributed by atoms with Crippen molar-refractivity contribution in [2.24, 2.45) is 0 Å².